The van der Waals surface area contributed by atoms with Crippen LogP contribution in [-0.4, -0.2) is 30.7 Å². The first-order valence-corrected chi connectivity index (χ1v) is 8.19. The van der Waals surface area contributed by atoms with E-state index in [1.54, 1.807) is 0 Å². The summed E-state index contributed by atoms with van der Waals surface area (Å²) in [6.07, 6.45) is 4.17. The molecule has 0 aromatic carbocycles. The third-order valence-corrected chi connectivity index (χ3v) is 5.53. The predicted molar refractivity (Wildman–Crippen MR) is 74.8 cm³/mol. The highest BCUT2D eigenvalue weighted by Crippen LogP contribution is 2.32. The van der Waals surface area contributed by atoms with Crippen LogP contribution in [0.4, 0.5) is 0 Å². The van der Waals surface area contributed by atoms with Gasteiger partial charge in [-0.1, -0.05) is 6.92 Å². The number of sulfonamides is 1. The maximum Gasteiger partial charge on any atom is 0.247 e. The quantitative estimate of drug-likeness (QED) is 0.758. The molecule has 0 atom stereocenters. The Bertz CT molecular complexity index is 595. The van der Waals surface area contributed by atoms with Gasteiger partial charge in [0.2, 0.25) is 15.6 Å². The van der Waals surface area contributed by atoms with Gasteiger partial charge in [0.15, 0.2) is 0 Å². The molecule has 6 nitrogen and oxygen atoms in total. The lowest BCUT2D eigenvalue weighted by Crippen LogP contribution is -2.53. The van der Waals surface area contributed by atoms with Gasteiger partial charge in [0, 0.05) is 12.3 Å². The summed E-state index contributed by atoms with van der Waals surface area (Å²) in [6, 6.07) is 2.43. The van der Waals surface area contributed by atoms with E-state index >= 15 is 0 Å². The molecule has 7 heteroatoms. The number of H-pyrrole nitrogens is 1. The van der Waals surface area contributed by atoms with Crippen molar-refractivity contribution in [1.29, 1.82) is 0 Å². The highest BCUT2D eigenvalue weighted by atomic mass is 32.2. The first-order chi connectivity index (χ1) is 9.37. The lowest BCUT2D eigenvalue weighted by molar-refractivity contribution is 0.125. The Hall–Kier alpha value is -1.18. The summed E-state index contributed by atoms with van der Waals surface area (Å²) in [5, 5.41) is 9.60. The van der Waals surface area contributed by atoms with Crippen LogP contribution in [0.2, 0.25) is 0 Å². The van der Waals surface area contributed by atoms with E-state index in [1.807, 2.05) is 0 Å². The molecule has 1 aromatic rings. The fourth-order valence-electron chi connectivity index (χ4n) is 2.51. The van der Waals surface area contributed by atoms with Crippen molar-refractivity contribution in [3.05, 3.63) is 28.7 Å². The van der Waals surface area contributed by atoms with Crippen LogP contribution in [0.15, 0.2) is 28.0 Å². The molecule has 1 aromatic heterocycles. The molecule has 1 aliphatic rings. The molecule has 0 unspecified atom stereocenters. The molecule has 20 heavy (non-hydrogen) atoms. The Morgan fingerprint density at radius 1 is 1.40 bits per heavy atom. The molecule has 1 aliphatic carbocycles. The zero-order chi connectivity index (χ0) is 14.8. The lowest BCUT2D eigenvalue weighted by atomic mass is 9.78. The summed E-state index contributed by atoms with van der Waals surface area (Å²) in [7, 11) is -3.74. The topological polar surface area (TPSA) is 99.3 Å². The maximum atomic E-state index is 12.3. The summed E-state index contributed by atoms with van der Waals surface area (Å²) in [5.41, 5.74) is -1.14. The lowest BCUT2D eigenvalue weighted by Gasteiger charge is -2.38. The van der Waals surface area contributed by atoms with Crippen molar-refractivity contribution in [2.24, 2.45) is 5.92 Å². The monoisotopic (exact) mass is 300 g/mol. The second kappa shape index (κ2) is 5.67. The largest absolute Gasteiger partial charge is 0.394 e. The van der Waals surface area contributed by atoms with E-state index in [-0.39, 0.29) is 17.1 Å². The van der Waals surface area contributed by atoms with Crippen LogP contribution in [0.3, 0.4) is 0 Å². The Morgan fingerprint density at radius 2 is 2.05 bits per heavy atom. The summed E-state index contributed by atoms with van der Waals surface area (Å²) in [5.74, 6) is 0.548. The van der Waals surface area contributed by atoms with Crippen LogP contribution >= 0.6 is 0 Å². The molecule has 0 spiro atoms. The van der Waals surface area contributed by atoms with E-state index in [2.05, 4.69) is 16.6 Å². The SMILES string of the molecule is CC1CCC(CO)(NS(=O)(=O)c2ccc(=O)[nH]c2)CC1. The number of hydrogen-bond acceptors (Lipinski definition) is 4. The molecule has 112 valence electrons. The molecule has 2 rings (SSSR count). The summed E-state index contributed by atoms with van der Waals surface area (Å²) in [6.45, 7) is 1.90. The van der Waals surface area contributed by atoms with Gasteiger partial charge >= 0.3 is 0 Å². The van der Waals surface area contributed by atoms with E-state index in [0.29, 0.717) is 18.8 Å². The Labute approximate surface area is 118 Å². The van der Waals surface area contributed by atoms with Gasteiger partial charge in [-0.15, -0.1) is 0 Å². The second-order valence-corrected chi connectivity index (χ2v) is 7.30. The normalized spacial score (nSPS) is 27.4. The molecule has 0 amide bonds. The number of nitrogens with one attached hydrogen (secondary N) is 2. The maximum absolute atomic E-state index is 12.3. The van der Waals surface area contributed by atoms with Crippen molar-refractivity contribution in [1.82, 2.24) is 9.71 Å². The molecule has 1 fully saturated rings. The number of pyridine rings is 1. The van der Waals surface area contributed by atoms with Gasteiger partial charge < -0.3 is 10.1 Å². The standard InChI is InChI=1S/C13H20N2O4S/c1-10-4-6-13(9-16,7-5-10)15-20(18,19)11-2-3-12(17)14-8-11/h2-3,8,10,15-16H,4-7,9H2,1H3,(H,14,17). The molecule has 3 N–H and O–H groups in total. The Kier molecular flexibility index (Phi) is 4.31. The van der Waals surface area contributed by atoms with Crippen LogP contribution in [0.5, 0.6) is 0 Å². The van der Waals surface area contributed by atoms with Crippen LogP contribution in [0.25, 0.3) is 0 Å². The number of rotatable bonds is 4. The van der Waals surface area contributed by atoms with E-state index in [4.69, 9.17) is 0 Å². The zero-order valence-corrected chi connectivity index (χ0v) is 12.2. The van der Waals surface area contributed by atoms with E-state index in [1.165, 1.54) is 18.3 Å². The van der Waals surface area contributed by atoms with Gasteiger partial charge in [0.25, 0.3) is 0 Å². The summed E-state index contributed by atoms with van der Waals surface area (Å²) in [4.78, 5) is 13.3. The number of aromatic amines is 1. The van der Waals surface area contributed by atoms with Crippen molar-refractivity contribution in [2.45, 2.75) is 43.0 Å². The second-order valence-electron chi connectivity index (χ2n) is 5.62. The van der Waals surface area contributed by atoms with Crippen LogP contribution in [-0.2, 0) is 10.0 Å². The van der Waals surface area contributed by atoms with Gasteiger partial charge in [-0.25, -0.2) is 13.1 Å². The zero-order valence-electron chi connectivity index (χ0n) is 11.4. The van der Waals surface area contributed by atoms with Gasteiger partial charge in [-0.05, 0) is 37.7 Å². The number of aliphatic hydroxyl groups excluding tert-OH is 1. The van der Waals surface area contributed by atoms with Gasteiger partial charge in [0.05, 0.1) is 17.0 Å². The van der Waals surface area contributed by atoms with E-state index < -0.39 is 15.6 Å². The number of aliphatic hydroxyl groups is 1. The van der Waals surface area contributed by atoms with Crippen molar-refractivity contribution < 1.29 is 13.5 Å². The fraction of sp³-hybridized carbons (Fsp3) is 0.615. The molecule has 0 aliphatic heterocycles. The molecule has 0 bridgehead atoms. The van der Waals surface area contributed by atoms with Gasteiger partial charge in [-0.2, -0.15) is 0 Å². The minimum atomic E-state index is -3.74. The van der Waals surface area contributed by atoms with Gasteiger partial charge in [0.1, 0.15) is 0 Å². The molecule has 0 radical (unpaired) electrons. The summed E-state index contributed by atoms with van der Waals surface area (Å²) >= 11 is 0. The Morgan fingerprint density at radius 3 is 2.55 bits per heavy atom. The average molecular weight is 300 g/mol. The third-order valence-electron chi connectivity index (χ3n) is 3.95. The van der Waals surface area contributed by atoms with Crippen LogP contribution < -0.4 is 10.3 Å². The van der Waals surface area contributed by atoms with Crippen LogP contribution in [0, 0.1) is 5.92 Å². The minimum absolute atomic E-state index is 0.00328. The molecular formula is C13H20N2O4S. The van der Waals surface area contributed by atoms with Crippen molar-refractivity contribution in [3.8, 4) is 0 Å². The average Bonchev–Trinajstić information content (AvgIpc) is 2.42. The first-order valence-electron chi connectivity index (χ1n) is 6.70. The number of aromatic nitrogens is 1. The fourth-order valence-corrected chi connectivity index (χ4v) is 3.93. The molecule has 1 saturated carbocycles. The van der Waals surface area contributed by atoms with Crippen molar-refractivity contribution in [2.75, 3.05) is 6.61 Å². The smallest absolute Gasteiger partial charge is 0.247 e. The third kappa shape index (κ3) is 3.28. The molecular weight excluding hydrogens is 280 g/mol. The predicted octanol–water partition coefficient (Wildman–Crippen LogP) is 0.594. The first kappa shape index (κ1) is 15.2. The molecule has 1 heterocycles. The van der Waals surface area contributed by atoms with Gasteiger partial charge in [-0.3, -0.25) is 4.79 Å². The van der Waals surface area contributed by atoms with E-state index in [0.717, 1.165) is 12.8 Å². The number of hydrogen-bond donors (Lipinski definition) is 3. The van der Waals surface area contributed by atoms with Crippen molar-refractivity contribution in [3.63, 3.8) is 0 Å². The van der Waals surface area contributed by atoms with Crippen molar-refractivity contribution >= 4 is 10.0 Å². The summed E-state index contributed by atoms with van der Waals surface area (Å²) < 4.78 is 27.2. The van der Waals surface area contributed by atoms with Crippen LogP contribution in [0.1, 0.15) is 32.6 Å². The molecule has 0 saturated heterocycles. The highest BCUT2D eigenvalue weighted by Gasteiger charge is 2.37. The highest BCUT2D eigenvalue weighted by molar-refractivity contribution is 7.89. The van der Waals surface area contributed by atoms with E-state index in [9.17, 15) is 18.3 Å². The minimum Gasteiger partial charge on any atom is -0.394 e. The Balaban J connectivity index is 2.22.